The summed E-state index contributed by atoms with van der Waals surface area (Å²) in [5.74, 6) is 2.77. The van der Waals surface area contributed by atoms with Gasteiger partial charge in [-0.05, 0) is 30.7 Å². The molecule has 1 aliphatic carbocycles. The van der Waals surface area contributed by atoms with Crippen LogP contribution in [0.15, 0.2) is 0 Å². The number of nitrogens with one attached hydrogen (secondary N) is 1. The van der Waals surface area contributed by atoms with Crippen LogP contribution in [0.4, 0.5) is 0 Å². The second-order valence-corrected chi connectivity index (χ2v) is 6.35. The van der Waals surface area contributed by atoms with Crippen molar-refractivity contribution < 1.29 is 0 Å². The fourth-order valence-electron chi connectivity index (χ4n) is 3.04. The minimum Gasteiger partial charge on any atom is -0.314 e. The molecular weight excluding hydrogens is 194 g/mol. The number of hydrogen-bond acceptors (Lipinski definition) is 1. The summed E-state index contributed by atoms with van der Waals surface area (Å²) in [6.45, 7) is 10.5. The van der Waals surface area contributed by atoms with Crippen molar-refractivity contribution in [3.63, 3.8) is 0 Å². The predicted molar refractivity (Wildman–Crippen MR) is 72.7 cm³/mol. The van der Waals surface area contributed by atoms with Gasteiger partial charge in [0.1, 0.15) is 0 Å². The van der Waals surface area contributed by atoms with Crippen LogP contribution < -0.4 is 5.32 Å². The molecule has 0 aliphatic heterocycles. The highest BCUT2D eigenvalue weighted by Crippen LogP contribution is 2.33. The Morgan fingerprint density at radius 2 is 1.62 bits per heavy atom. The average Bonchev–Trinajstić information content (AvgIpc) is 2.25. The maximum atomic E-state index is 3.65. The fourth-order valence-corrected chi connectivity index (χ4v) is 3.04. The van der Waals surface area contributed by atoms with Crippen LogP contribution in [0.5, 0.6) is 0 Å². The summed E-state index contributed by atoms with van der Waals surface area (Å²) in [7, 11) is 0. The average molecular weight is 225 g/mol. The summed E-state index contributed by atoms with van der Waals surface area (Å²) in [6, 6.07) is 0.637. The molecule has 0 radical (unpaired) electrons. The smallest absolute Gasteiger partial charge is 0.00104 e. The first-order valence-electron chi connectivity index (χ1n) is 7.33. The molecule has 0 amide bonds. The monoisotopic (exact) mass is 225 g/mol. The van der Waals surface area contributed by atoms with Crippen LogP contribution in [0.1, 0.15) is 66.2 Å². The van der Waals surface area contributed by atoms with E-state index in [-0.39, 0.29) is 0 Å². The third-order valence-corrected chi connectivity index (χ3v) is 3.88. The molecule has 0 spiro atoms. The minimum absolute atomic E-state index is 0.637. The van der Waals surface area contributed by atoms with E-state index in [4.69, 9.17) is 0 Å². The third-order valence-electron chi connectivity index (χ3n) is 3.88. The molecule has 1 saturated carbocycles. The lowest BCUT2D eigenvalue weighted by Gasteiger charge is -2.32. The lowest BCUT2D eigenvalue weighted by molar-refractivity contribution is 0.209. The van der Waals surface area contributed by atoms with Gasteiger partial charge in [-0.15, -0.1) is 0 Å². The van der Waals surface area contributed by atoms with Crippen LogP contribution in [0, 0.1) is 17.8 Å². The second-order valence-electron chi connectivity index (χ2n) is 6.35. The van der Waals surface area contributed by atoms with Crippen LogP contribution in [-0.2, 0) is 0 Å². The first-order valence-corrected chi connectivity index (χ1v) is 7.33. The van der Waals surface area contributed by atoms with Gasteiger partial charge < -0.3 is 5.32 Å². The fraction of sp³-hybridized carbons (Fsp3) is 1.00. The standard InChI is InChI=1S/C15H31N/c1-12(2)10-15(11-16-13(3)4)14-8-6-5-7-9-14/h12-16H,5-11H2,1-4H3. The molecule has 1 nitrogen and oxygen atoms in total. The van der Waals surface area contributed by atoms with E-state index < -0.39 is 0 Å². The van der Waals surface area contributed by atoms with Gasteiger partial charge in [0.25, 0.3) is 0 Å². The molecule has 16 heavy (non-hydrogen) atoms. The van der Waals surface area contributed by atoms with Gasteiger partial charge in [-0.1, -0.05) is 59.8 Å². The van der Waals surface area contributed by atoms with E-state index in [0.29, 0.717) is 6.04 Å². The van der Waals surface area contributed by atoms with Crippen LogP contribution in [0.25, 0.3) is 0 Å². The van der Waals surface area contributed by atoms with Crippen molar-refractivity contribution in [2.75, 3.05) is 6.54 Å². The molecule has 1 aliphatic rings. The molecule has 0 aromatic carbocycles. The summed E-state index contributed by atoms with van der Waals surface area (Å²) < 4.78 is 0. The quantitative estimate of drug-likeness (QED) is 0.713. The zero-order valence-electron chi connectivity index (χ0n) is 11.8. The normalized spacial score (nSPS) is 20.6. The van der Waals surface area contributed by atoms with Crippen LogP contribution >= 0.6 is 0 Å². The molecule has 0 saturated heterocycles. The Morgan fingerprint density at radius 3 is 2.12 bits per heavy atom. The van der Waals surface area contributed by atoms with Gasteiger partial charge in [-0.25, -0.2) is 0 Å². The first-order chi connectivity index (χ1) is 7.59. The van der Waals surface area contributed by atoms with Crippen molar-refractivity contribution in [3.05, 3.63) is 0 Å². The van der Waals surface area contributed by atoms with Gasteiger partial charge in [-0.3, -0.25) is 0 Å². The molecule has 1 unspecified atom stereocenters. The van der Waals surface area contributed by atoms with Gasteiger partial charge in [0.15, 0.2) is 0 Å². The predicted octanol–water partition coefficient (Wildman–Crippen LogP) is 4.23. The zero-order valence-corrected chi connectivity index (χ0v) is 11.8. The Bertz CT molecular complexity index is 168. The van der Waals surface area contributed by atoms with E-state index >= 15 is 0 Å². The summed E-state index contributed by atoms with van der Waals surface area (Å²) in [4.78, 5) is 0. The largest absolute Gasteiger partial charge is 0.314 e. The molecule has 1 atom stereocenters. The summed E-state index contributed by atoms with van der Waals surface area (Å²) in [5, 5.41) is 3.65. The summed E-state index contributed by atoms with van der Waals surface area (Å²) >= 11 is 0. The molecule has 1 N–H and O–H groups in total. The molecular formula is C15H31N. The number of rotatable bonds is 6. The molecule has 96 valence electrons. The topological polar surface area (TPSA) is 12.0 Å². The highest BCUT2D eigenvalue weighted by atomic mass is 14.9. The zero-order chi connectivity index (χ0) is 12.0. The van der Waals surface area contributed by atoms with Crippen LogP contribution in [0.2, 0.25) is 0 Å². The van der Waals surface area contributed by atoms with E-state index in [1.807, 2.05) is 0 Å². The number of hydrogen-bond donors (Lipinski definition) is 1. The van der Waals surface area contributed by atoms with Crippen LogP contribution in [-0.4, -0.2) is 12.6 Å². The van der Waals surface area contributed by atoms with E-state index in [0.717, 1.165) is 17.8 Å². The van der Waals surface area contributed by atoms with Crippen molar-refractivity contribution in [2.45, 2.75) is 72.3 Å². The van der Waals surface area contributed by atoms with Crippen LogP contribution in [0.3, 0.4) is 0 Å². The van der Waals surface area contributed by atoms with Gasteiger partial charge in [-0.2, -0.15) is 0 Å². The highest BCUT2D eigenvalue weighted by Gasteiger charge is 2.24. The molecule has 0 heterocycles. The Morgan fingerprint density at radius 1 is 1.00 bits per heavy atom. The molecule has 0 aromatic rings. The second kappa shape index (κ2) is 7.32. The maximum Gasteiger partial charge on any atom is 0.00104 e. The maximum absolute atomic E-state index is 3.65. The molecule has 1 heteroatoms. The van der Waals surface area contributed by atoms with E-state index in [1.165, 1.54) is 45.1 Å². The molecule has 1 fully saturated rings. The van der Waals surface area contributed by atoms with E-state index in [9.17, 15) is 0 Å². The molecule has 1 rings (SSSR count). The highest BCUT2D eigenvalue weighted by molar-refractivity contribution is 4.77. The Balaban J connectivity index is 2.41. The SMILES string of the molecule is CC(C)CC(CNC(C)C)C1CCCCC1. The molecule has 0 aromatic heterocycles. The Hall–Kier alpha value is -0.0400. The van der Waals surface area contributed by atoms with Gasteiger partial charge in [0, 0.05) is 6.04 Å². The van der Waals surface area contributed by atoms with Gasteiger partial charge >= 0.3 is 0 Å². The van der Waals surface area contributed by atoms with Gasteiger partial charge in [0.05, 0.1) is 0 Å². The first kappa shape index (κ1) is 14.0. The lowest BCUT2D eigenvalue weighted by Crippen LogP contribution is -2.34. The molecule has 0 bridgehead atoms. The van der Waals surface area contributed by atoms with Crippen molar-refractivity contribution in [1.29, 1.82) is 0 Å². The van der Waals surface area contributed by atoms with Crippen molar-refractivity contribution in [1.82, 2.24) is 5.32 Å². The van der Waals surface area contributed by atoms with E-state index in [2.05, 4.69) is 33.0 Å². The lowest BCUT2D eigenvalue weighted by atomic mass is 9.76. The van der Waals surface area contributed by atoms with Crippen molar-refractivity contribution in [3.8, 4) is 0 Å². The Labute approximate surface area is 102 Å². The van der Waals surface area contributed by atoms with Crippen molar-refractivity contribution >= 4 is 0 Å². The summed E-state index contributed by atoms with van der Waals surface area (Å²) in [5.41, 5.74) is 0. The Kier molecular flexibility index (Phi) is 6.41. The third kappa shape index (κ3) is 5.34. The van der Waals surface area contributed by atoms with Crippen molar-refractivity contribution in [2.24, 2.45) is 17.8 Å². The van der Waals surface area contributed by atoms with E-state index in [1.54, 1.807) is 0 Å². The van der Waals surface area contributed by atoms with Gasteiger partial charge in [0.2, 0.25) is 0 Å². The minimum atomic E-state index is 0.637. The summed E-state index contributed by atoms with van der Waals surface area (Å²) in [6.07, 6.45) is 8.79.